The van der Waals surface area contributed by atoms with Gasteiger partial charge in [0.15, 0.2) is 11.5 Å². The van der Waals surface area contributed by atoms with Crippen molar-refractivity contribution in [2.45, 2.75) is 58.9 Å². The van der Waals surface area contributed by atoms with Crippen LogP contribution in [0.1, 0.15) is 34.6 Å². The highest BCUT2D eigenvalue weighted by atomic mass is 35.5. The number of hydrogen-bond acceptors (Lipinski definition) is 9. The van der Waals surface area contributed by atoms with E-state index in [4.69, 9.17) is 37.9 Å². The van der Waals surface area contributed by atoms with E-state index in [1.54, 1.807) is 31.7 Å². The maximum absolute atomic E-state index is 14.0. The van der Waals surface area contributed by atoms with Crippen LogP contribution in [0, 0.1) is 6.57 Å². The van der Waals surface area contributed by atoms with Crippen LogP contribution in [0.2, 0.25) is 5.02 Å². The van der Waals surface area contributed by atoms with Crippen molar-refractivity contribution in [3.05, 3.63) is 47.3 Å². The second-order valence-corrected chi connectivity index (χ2v) is 11.5. The summed E-state index contributed by atoms with van der Waals surface area (Å²) >= 11 is 6.02. The van der Waals surface area contributed by atoms with E-state index < -0.39 is 31.5 Å². The molecule has 0 saturated heterocycles. The smallest absolute Gasteiger partial charge is 0.342 e. The van der Waals surface area contributed by atoms with E-state index in [9.17, 15) is 9.36 Å². The van der Waals surface area contributed by atoms with Gasteiger partial charge in [-0.05, 0) is 46.8 Å². The molecule has 1 unspecified atom stereocenters. The molecule has 2 heterocycles. The van der Waals surface area contributed by atoms with Gasteiger partial charge in [0.05, 0.1) is 31.7 Å². The van der Waals surface area contributed by atoms with Gasteiger partial charge in [-0.3, -0.25) is 9.36 Å². The van der Waals surface area contributed by atoms with Gasteiger partial charge < -0.3 is 24.3 Å². The standard InChI is InChI=1S/C23H29ClN7O5P/c1-14(2)35-22(32)23(4,5)30-37(33,36-16-7-8-17(24)18(9-16)26-6)13-34-15(3)10-31-12-29-19-20(25)27-11-28-21(19)31/h7-9,11-12,14-15H,10,13H2,1-5H3,(H,30,33)(H2,25,27,28)/t15-,37?/m1/s1. The van der Waals surface area contributed by atoms with Gasteiger partial charge in [-0.15, -0.1) is 0 Å². The van der Waals surface area contributed by atoms with Gasteiger partial charge in [0, 0.05) is 5.02 Å². The fourth-order valence-corrected chi connectivity index (χ4v) is 5.48. The largest absolute Gasteiger partial charge is 0.462 e. The topological polar surface area (TPSA) is 148 Å². The molecule has 3 aromatic rings. The summed E-state index contributed by atoms with van der Waals surface area (Å²) in [4.78, 5) is 28.4. The Balaban J connectivity index is 1.81. The summed E-state index contributed by atoms with van der Waals surface area (Å²) in [5.74, 6) is -0.223. The molecule has 1 aromatic carbocycles. The van der Waals surface area contributed by atoms with Crippen molar-refractivity contribution in [3.8, 4) is 5.75 Å². The zero-order valence-corrected chi connectivity index (χ0v) is 22.8. The Morgan fingerprint density at radius 3 is 2.70 bits per heavy atom. The SMILES string of the molecule is [C-]#[N+]c1cc(OP(=O)(CO[C@H](C)Cn2cnc3c(N)ncnc32)NC(C)(C)C(=O)OC(C)C)ccc1Cl. The minimum atomic E-state index is -3.89. The number of rotatable bonds is 11. The van der Waals surface area contributed by atoms with Crippen LogP contribution >= 0.6 is 19.1 Å². The first kappa shape index (κ1) is 28.3. The first-order valence-electron chi connectivity index (χ1n) is 11.3. The summed E-state index contributed by atoms with van der Waals surface area (Å²) in [6.45, 7) is 15.9. The van der Waals surface area contributed by atoms with Crippen molar-refractivity contribution >= 4 is 47.8 Å². The Morgan fingerprint density at radius 1 is 1.30 bits per heavy atom. The number of imidazole rings is 1. The van der Waals surface area contributed by atoms with Crippen LogP contribution in [0.15, 0.2) is 30.9 Å². The molecule has 0 amide bonds. The van der Waals surface area contributed by atoms with E-state index in [1.165, 1.54) is 38.4 Å². The average Bonchev–Trinajstić information content (AvgIpc) is 3.22. The molecule has 2 atom stereocenters. The van der Waals surface area contributed by atoms with E-state index in [-0.39, 0.29) is 28.4 Å². The van der Waals surface area contributed by atoms with E-state index in [0.717, 1.165) is 0 Å². The summed E-state index contributed by atoms with van der Waals surface area (Å²) in [5, 5.41) is 3.02. The maximum Gasteiger partial charge on any atom is 0.342 e. The quantitative estimate of drug-likeness (QED) is 0.198. The first-order chi connectivity index (χ1) is 17.3. The van der Waals surface area contributed by atoms with Gasteiger partial charge >= 0.3 is 13.5 Å². The molecule has 37 heavy (non-hydrogen) atoms. The molecule has 0 bridgehead atoms. The van der Waals surface area contributed by atoms with Gasteiger partial charge in [-0.2, -0.15) is 0 Å². The number of fused-ring (bicyclic) bond motifs is 1. The second-order valence-electron chi connectivity index (χ2n) is 9.12. The predicted molar refractivity (Wildman–Crippen MR) is 140 cm³/mol. The number of aromatic nitrogens is 4. The van der Waals surface area contributed by atoms with Crippen LogP contribution in [0.5, 0.6) is 5.75 Å². The van der Waals surface area contributed by atoms with Crippen LogP contribution in [-0.4, -0.2) is 49.6 Å². The molecule has 0 spiro atoms. The average molecular weight is 550 g/mol. The predicted octanol–water partition coefficient (Wildman–Crippen LogP) is 4.57. The number of nitrogens with zero attached hydrogens (tertiary/aromatic N) is 5. The minimum absolute atomic E-state index is 0.128. The summed E-state index contributed by atoms with van der Waals surface area (Å²) in [6.07, 6.45) is 1.67. The number of ether oxygens (including phenoxy) is 2. The number of hydrogen-bond donors (Lipinski definition) is 2. The van der Waals surface area contributed by atoms with Gasteiger partial charge in [0.25, 0.3) is 0 Å². The van der Waals surface area contributed by atoms with Crippen molar-refractivity contribution in [2.24, 2.45) is 0 Å². The molecule has 0 fully saturated rings. The van der Waals surface area contributed by atoms with Crippen molar-refractivity contribution in [3.63, 3.8) is 0 Å². The van der Waals surface area contributed by atoms with Gasteiger partial charge in [0.1, 0.15) is 29.5 Å². The van der Waals surface area contributed by atoms with Gasteiger partial charge in [-0.25, -0.2) is 24.9 Å². The summed E-state index contributed by atoms with van der Waals surface area (Å²) in [7, 11) is -3.89. The number of nitrogen functional groups attached to an aromatic ring is 1. The lowest BCUT2D eigenvalue weighted by Crippen LogP contribution is -2.48. The fraction of sp³-hybridized carbons (Fsp3) is 0.435. The molecule has 2 aromatic heterocycles. The molecule has 0 aliphatic heterocycles. The highest BCUT2D eigenvalue weighted by Gasteiger charge is 2.40. The summed E-state index contributed by atoms with van der Waals surface area (Å²) < 4.78 is 32.8. The molecule has 0 aliphatic rings. The van der Waals surface area contributed by atoms with Gasteiger partial charge in [-0.1, -0.05) is 17.7 Å². The van der Waals surface area contributed by atoms with Crippen LogP contribution < -0.4 is 15.3 Å². The fourth-order valence-electron chi connectivity index (χ4n) is 3.31. The lowest BCUT2D eigenvalue weighted by molar-refractivity contribution is -0.153. The number of halogens is 1. The normalized spacial score (nSPS) is 14.2. The van der Waals surface area contributed by atoms with Crippen molar-refractivity contribution < 1.29 is 23.4 Å². The Morgan fingerprint density at radius 2 is 2.03 bits per heavy atom. The zero-order valence-electron chi connectivity index (χ0n) is 21.1. The Bertz CT molecular complexity index is 1370. The summed E-state index contributed by atoms with van der Waals surface area (Å²) in [5.41, 5.74) is 5.60. The number of anilines is 1. The number of carbonyl (C=O) groups excluding carboxylic acids is 1. The number of esters is 1. The lowest BCUT2D eigenvalue weighted by atomic mass is 10.1. The lowest BCUT2D eigenvalue weighted by Gasteiger charge is -2.31. The number of benzene rings is 1. The monoisotopic (exact) mass is 549 g/mol. The molecule has 14 heteroatoms. The first-order valence-corrected chi connectivity index (χ1v) is 13.5. The molecular weight excluding hydrogens is 521 g/mol. The Kier molecular flexibility index (Phi) is 8.76. The zero-order chi connectivity index (χ0) is 27.4. The molecule has 0 aliphatic carbocycles. The molecule has 0 radical (unpaired) electrons. The molecule has 3 N–H and O–H groups in total. The van der Waals surface area contributed by atoms with Gasteiger partial charge in [0.2, 0.25) is 5.69 Å². The van der Waals surface area contributed by atoms with Crippen LogP contribution in [-0.2, 0) is 25.4 Å². The number of nitrogens with two attached hydrogens (primary N) is 1. The molecule has 198 valence electrons. The summed E-state index contributed by atoms with van der Waals surface area (Å²) in [6, 6.07) is 4.32. The maximum atomic E-state index is 14.0. The highest BCUT2D eigenvalue weighted by Crippen LogP contribution is 2.47. The molecular formula is C23H29ClN7O5P. The van der Waals surface area contributed by atoms with Crippen LogP contribution in [0.3, 0.4) is 0 Å². The Hall–Kier alpha value is -3.23. The molecule has 0 saturated carbocycles. The third kappa shape index (κ3) is 7.17. The molecule has 12 nitrogen and oxygen atoms in total. The Labute approximate surface area is 219 Å². The highest BCUT2D eigenvalue weighted by molar-refractivity contribution is 7.57. The van der Waals surface area contributed by atoms with Crippen molar-refractivity contribution in [1.82, 2.24) is 24.6 Å². The van der Waals surface area contributed by atoms with Crippen LogP contribution in [0.25, 0.3) is 16.0 Å². The van der Waals surface area contributed by atoms with E-state index >= 15 is 0 Å². The van der Waals surface area contributed by atoms with E-state index in [1.807, 2.05) is 0 Å². The van der Waals surface area contributed by atoms with Crippen LogP contribution in [0.4, 0.5) is 11.5 Å². The van der Waals surface area contributed by atoms with E-state index in [2.05, 4.69) is 24.9 Å². The number of carbonyl (C=O) groups is 1. The van der Waals surface area contributed by atoms with E-state index in [0.29, 0.717) is 17.7 Å². The van der Waals surface area contributed by atoms with Crippen molar-refractivity contribution in [1.29, 1.82) is 0 Å². The van der Waals surface area contributed by atoms with Crippen molar-refractivity contribution in [2.75, 3.05) is 12.1 Å². The minimum Gasteiger partial charge on any atom is -0.462 e. The molecule has 3 rings (SSSR count). The third-order valence-corrected chi connectivity index (χ3v) is 7.22. The third-order valence-electron chi connectivity index (χ3n) is 5.01. The second kappa shape index (κ2) is 11.4. The number of nitrogens with one attached hydrogen (secondary N) is 1.